The van der Waals surface area contributed by atoms with Gasteiger partial charge in [-0.3, -0.25) is 0 Å². The minimum absolute atomic E-state index is 0.389. The van der Waals surface area contributed by atoms with Gasteiger partial charge in [-0.2, -0.15) is 0 Å². The summed E-state index contributed by atoms with van der Waals surface area (Å²) in [6, 6.07) is 7.88. The molecule has 1 N–H and O–H groups in total. The number of nitrogens with one attached hydrogen (secondary N) is 1. The number of aryl methyl sites for hydroxylation is 1. The van der Waals surface area contributed by atoms with Crippen molar-refractivity contribution in [3.8, 4) is 5.75 Å². The van der Waals surface area contributed by atoms with E-state index < -0.39 is 0 Å². The second kappa shape index (κ2) is 6.71. The van der Waals surface area contributed by atoms with E-state index in [2.05, 4.69) is 10.1 Å². The average Bonchev–Trinajstić information content (AvgIpc) is 2.34. The number of benzene rings is 1. The van der Waals surface area contributed by atoms with Gasteiger partial charge in [-0.1, -0.05) is 18.2 Å². The van der Waals surface area contributed by atoms with Gasteiger partial charge in [0, 0.05) is 6.54 Å². The Kier molecular flexibility index (Phi) is 5.19. The van der Waals surface area contributed by atoms with Gasteiger partial charge in [0.05, 0.1) is 14.2 Å². The maximum absolute atomic E-state index is 10.8. The van der Waals surface area contributed by atoms with E-state index in [0.717, 1.165) is 24.2 Å². The highest BCUT2D eigenvalue weighted by molar-refractivity contribution is 5.66. The number of alkyl carbamates (subject to hydrolysis) is 1. The number of ether oxygens (including phenoxy) is 2. The average molecular weight is 223 g/mol. The number of para-hydroxylation sites is 1. The predicted molar refractivity (Wildman–Crippen MR) is 61.7 cm³/mol. The Morgan fingerprint density at radius 3 is 2.75 bits per heavy atom. The summed E-state index contributed by atoms with van der Waals surface area (Å²) in [5, 5.41) is 2.64. The zero-order valence-corrected chi connectivity index (χ0v) is 9.66. The molecule has 0 atom stereocenters. The summed E-state index contributed by atoms with van der Waals surface area (Å²) in [5.74, 6) is 0.889. The molecule has 0 aliphatic heterocycles. The van der Waals surface area contributed by atoms with Crippen LogP contribution < -0.4 is 10.1 Å². The van der Waals surface area contributed by atoms with Gasteiger partial charge in [-0.25, -0.2) is 4.79 Å². The smallest absolute Gasteiger partial charge is 0.406 e. The zero-order valence-electron chi connectivity index (χ0n) is 9.66. The highest BCUT2D eigenvalue weighted by Crippen LogP contribution is 2.18. The maximum atomic E-state index is 10.8. The zero-order chi connectivity index (χ0) is 11.8. The molecule has 4 nitrogen and oxygen atoms in total. The van der Waals surface area contributed by atoms with Gasteiger partial charge in [0.15, 0.2) is 0 Å². The van der Waals surface area contributed by atoms with Gasteiger partial charge in [0.2, 0.25) is 0 Å². The minimum atomic E-state index is -0.389. The first kappa shape index (κ1) is 12.4. The molecule has 1 amide bonds. The number of hydrogen-bond acceptors (Lipinski definition) is 3. The standard InChI is InChI=1S/C12H17NO3/c1-15-11-8-4-3-6-10(11)7-5-9-13-12(14)16-2/h3-4,6,8H,5,7,9H2,1-2H3,(H,13,14). The van der Waals surface area contributed by atoms with Crippen LogP contribution in [0.5, 0.6) is 5.75 Å². The van der Waals surface area contributed by atoms with Crippen molar-refractivity contribution in [2.45, 2.75) is 12.8 Å². The molecule has 0 aliphatic carbocycles. The van der Waals surface area contributed by atoms with Crippen molar-refractivity contribution in [1.82, 2.24) is 5.32 Å². The molecule has 1 rings (SSSR count). The number of hydrogen-bond donors (Lipinski definition) is 1. The van der Waals surface area contributed by atoms with Crippen molar-refractivity contribution >= 4 is 6.09 Å². The number of amides is 1. The first-order chi connectivity index (χ1) is 7.77. The molecular weight excluding hydrogens is 206 g/mol. The van der Waals surface area contributed by atoms with Crippen LogP contribution in [0.4, 0.5) is 4.79 Å². The van der Waals surface area contributed by atoms with E-state index in [1.54, 1.807) is 7.11 Å². The van der Waals surface area contributed by atoms with E-state index in [1.165, 1.54) is 7.11 Å². The van der Waals surface area contributed by atoms with Crippen molar-refractivity contribution in [3.05, 3.63) is 29.8 Å². The molecule has 0 saturated carbocycles. The van der Waals surface area contributed by atoms with Crippen LogP contribution >= 0.6 is 0 Å². The Morgan fingerprint density at radius 1 is 1.31 bits per heavy atom. The topological polar surface area (TPSA) is 47.6 Å². The minimum Gasteiger partial charge on any atom is -0.496 e. The molecule has 0 saturated heterocycles. The quantitative estimate of drug-likeness (QED) is 0.776. The van der Waals surface area contributed by atoms with Crippen molar-refractivity contribution in [2.24, 2.45) is 0 Å². The first-order valence-corrected chi connectivity index (χ1v) is 5.21. The molecule has 88 valence electrons. The lowest BCUT2D eigenvalue weighted by Crippen LogP contribution is -2.24. The van der Waals surface area contributed by atoms with Crippen molar-refractivity contribution in [2.75, 3.05) is 20.8 Å². The van der Waals surface area contributed by atoms with Crippen molar-refractivity contribution in [1.29, 1.82) is 0 Å². The monoisotopic (exact) mass is 223 g/mol. The fourth-order valence-electron chi connectivity index (χ4n) is 1.45. The molecule has 0 aliphatic rings. The van der Waals surface area contributed by atoms with Crippen LogP contribution in [0.15, 0.2) is 24.3 Å². The summed E-state index contributed by atoms with van der Waals surface area (Å²) in [6.07, 6.45) is 1.34. The van der Waals surface area contributed by atoms with E-state index in [9.17, 15) is 4.79 Å². The Labute approximate surface area is 95.6 Å². The lowest BCUT2D eigenvalue weighted by Gasteiger charge is -2.08. The summed E-state index contributed by atoms with van der Waals surface area (Å²) in [7, 11) is 3.01. The molecule has 0 spiro atoms. The molecule has 16 heavy (non-hydrogen) atoms. The van der Waals surface area contributed by atoms with Gasteiger partial charge in [-0.15, -0.1) is 0 Å². The highest BCUT2D eigenvalue weighted by Gasteiger charge is 2.02. The normalized spacial score (nSPS) is 9.62. The van der Waals surface area contributed by atoms with Gasteiger partial charge in [0.25, 0.3) is 0 Å². The second-order valence-corrected chi connectivity index (χ2v) is 3.33. The summed E-state index contributed by atoms with van der Waals surface area (Å²) in [4.78, 5) is 10.8. The van der Waals surface area contributed by atoms with Gasteiger partial charge >= 0.3 is 6.09 Å². The predicted octanol–water partition coefficient (Wildman–Crippen LogP) is 1.98. The van der Waals surface area contributed by atoms with Crippen LogP contribution in [0.3, 0.4) is 0 Å². The van der Waals surface area contributed by atoms with Crippen LogP contribution in [-0.4, -0.2) is 26.9 Å². The van der Waals surface area contributed by atoms with Crippen molar-refractivity contribution < 1.29 is 14.3 Å². The molecule has 0 aromatic heterocycles. The van der Waals surface area contributed by atoms with Crippen LogP contribution in [-0.2, 0) is 11.2 Å². The van der Waals surface area contributed by atoms with Crippen molar-refractivity contribution in [3.63, 3.8) is 0 Å². The van der Waals surface area contributed by atoms with Gasteiger partial charge in [0.1, 0.15) is 5.75 Å². The molecule has 0 bridgehead atoms. The van der Waals surface area contributed by atoms with Crippen LogP contribution in [0.1, 0.15) is 12.0 Å². The molecule has 0 unspecified atom stereocenters. The fourth-order valence-corrected chi connectivity index (χ4v) is 1.45. The third-order valence-corrected chi connectivity index (χ3v) is 2.27. The Morgan fingerprint density at radius 2 is 2.06 bits per heavy atom. The number of carbonyl (C=O) groups is 1. The van der Waals surface area contributed by atoms with E-state index >= 15 is 0 Å². The van der Waals surface area contributed by atoms with E-state index in [4.69, 9.17) is 4.74 Å². The fraction of sp³-hybridized carbons (Fsp3) is 0.417. The first-order valence-electron chi connectivity index (χ1n) is 5.21. The number of methoxy groups -OCH3 is 2. The van der Waals surface area contributed by atoms with Crippen LogP contribution in [0.2, 0.25) is 0 Å². The SMILES string of the molecule is COC(=O)NCCCc1ccccc1OC. The summed E-state index contributed by atoms with van der Waals surface area (Å²) < 4.78 is 9.71. The summed E-state index contributed by atoms with van der Waals surface area (Å²) >= 11 is 0. The lowest BCUT2D eigenvalue weighted by molar-refractivity contribution is 0.171. The number of rotatable bonds is 5. The van der Waals surface area contributed by atoms with E-state index in [1.807, 2.05) is 24.3 Å². The largest absolute Gasteiger partial charge is 0.496 e. The third kappa shape index (κ3) is 3.81. The van der Waals surface area contributed by atoms with Crippen LogP contribution in [0.25, 0.3) is 0 Å². The molecule has 0 radical (unpaired) electrons. The molecular formula is C12H17NO3. The lowest BCUT2D eigenvalue weighted by atomic mass is 10.1. The molecule has 0 fully saturated rings. The Hall–Kier alpha value is -1.71. The molecule has 1 aromatic rings. The summed E-state index contributed by atoms with van der Waals surface area (Å²) in [5.41, 5.74) is 1.15. The third-order valence-electron chi connectivity index (χ3n) is 2.27. The molecule has 1 aromatic carbocycles. The van der Waals surface area contributed by atoms with Gasteiger partial charge < -0.3 is 14.8 Å². The van der Waals surface area contributed by atoms with E-state index in [-0.39, 0.29) is 6.09 Å². The highest BCUT2D eigenvalue weighted by atomic mass is 16.5. The maximum Gasteiger partial charge on any atom is 0.406 e. The molecule has 4 heteroatoms. The van der Waals surface area contributed by atoms with Crippen LogP contribution in [0, 0.1) is 0 Å². The number of carbonyl (C=O) groups excluding carboxylic acids is 1. The second-order valence-electron chi connectivity index (χ2n) is 3.33. The summed E-state index contributed by atoms with van der Waals surface area (Å²) in [6.45, 7) is 0.602. The van der Waals surface area contributed by atoms with Gasteiger partial charge in [-0.05, 0) is 24.5 Å². The Balaban J connectivity index is 2.34. The Bertz CT molecular complexity index is 339. The molecule has 0 heterocycles. The van der Waals surface area contributed by atoms with E-state index in [0.29, 0.717) is 6.54 Å².